The van der Waals surface area contributed by atoms with E-state index in [1.807, 2.05) is 0 Å². The monoisotopic (exact) mass is 554 g/mol. The van der Waals surface area contributed by atoms with Gasteiger partial charge >= 0.3 is 0 Å². The van der Waals surface area contributed by atoms with Gasteiger partial charge in [0, 0.05) is 53.6 Å². The molecule has 1 saturated heterocycles. The fraction of sp³-hybridized carbons (Fsp3) is 0.342. The summed E-state index contributed by atoms with van der Waals surface area (Å²) in [6.07, 6.45) is 11.6. The second-order valence-corrected chi connectivity index (χ2v) is 12.2. The zero-order chi connectivity index (χ0) is 29.0. The maximum atomic E-state index is 5.55. The van der Waals surface area contributed by atoms with Crippen LogP contribution in [0.25, 0.3) is 49.8 Å². The van der Waals surface area contributed by atoms with Crippen LogP contribution < -0.4 is 0 Å². The van der Waals surface area contributed by atoms with Crippen LogP contribution in [0.15, 0.2) is 90.0 Å². The number of para-hydroxylation sites is 3. The summed E-state index contributed by atoms with van der Waals surface area (Å²) in [6, 6.07) is 22.9. The van der Waals surface area contributed by atoms with Crippen molar-refractivity contribution >= 4 is 38.4 Å². The molecule has 4 nitrogen and oxygen atoms in total. The number of nitrogens with zero attached hydrogens (tertiary/aromatic N) is 4. The van der Waals surface area contributed by atoms with E-state index in [1.165, 1.54) is 55.2 Å². The highest BCUT2D eigenvalue weighted by molar-refractivity contribution is 6.12. The SMILES string of the molecule is CCC=C1/C(=C(\CC)c2cccc3c2nc(-c2cccc4c5ccccc5n(C)c24)n3C(C)C)CCN2CCC=CC12. The molecule has 2 aliphatic heterocycles. The number of hydrogen-bond acceptors (Lipinski definition) is 2. The molecule has 1 unspecified atom stereocenters. The molecule has 42 heavy (non-hydrogen) atoms. The molecule has 1 fully saturated rings. The lowest BCUT2D eigenvalue weighted by atomic mass is 9.82. The zero-order valence-corrected chi connectivity index (χ0v) is 25.7. The molecule has 0 radical (unpaired) electrons. The molecule has 5 aromatic rings. The van der Waals surface area contributed by atoms with Crippen molar-refractivity contribution in [1.29, 1.82) is 0 Å². The van der Waals surface area contributed by atoms with Crippen molar-refractivity contribution in [3.05, 3.63) is 95.6 Å². The summed E-state index contributed by atoms with van der Waals surface area (Å²) in [5.74, 6) is 1.05. The van der Waals surface area contributed by atoms with Gasteiger partial charge in [-0.15, -0.1) is 0 Å². The summed E-state index contributed by atoms with van der Waals surface area (Å²) in [4.78, 5) is 8.21. The van der Waals surface area contributed by atoms with Gasteiger partial charge in [0.25, 0.3) is 0 Å². The molecule has 0 bridgehead atoms. The zero-order valence-electron chi connectivity index (χ0n) is 25.7. The number of benzene rings is 3. The van der Waals surface area contributed by atoms with E-state index in [1.54, 1.807) is 0 Å². The normalized spacial score (nSPS) is 20.0. The van der Waals surface area contributed by atoms with Gasteiger partial charge in [-0.1, -0.05) is 74.5 Å². The maximum Gasteiger partial charge on any atom is 0.143 e. The quantitative estimate of drug-likeness (QED) is 0.202. The van der Waals surface area contributed by atoms with Gasteiger partial charge in [-0.3, -0.25) is 4.90 Å². The van der Waals surface area contributed by atoms with Crippen molar-refractivity contribution < 1.29 is 0 Å². The molecule has 1 atom stereocenters. The lowest BCUT2D eigenvalue weighted by Crippen LogP contribution is -2.43. The van der Waals surface area contributed by atoms with Crippen LogP contribution in [0.3, 0.4) is 0 Å². The summed E-state index contributed by atoms with van der Waals surface area (Å²) < 4.78 is 4.80. The Labute approximate surface area is 249 Å². The topological polar surface area (TPSA) is 26.0 Å². The highest BCUT2D eigenvalue weighted by Crippen LogP contribution is 2.42. The molecule has 7 rings (SSSR count). The van der Waals surface area contributed by atoms with Crippen LogP contribution in [-0.2, 0) is 7.05 Å². The predicted octanol–water partition coefficient (Wildman–Crippen LogP) is 9.46. The third-order valence-electron chi connectivity index (χ3n) is 9.48. The second kappa shape index (κ2) is 10.7. The molecule has 0 spiro atoms. The average Bonchev–Trinajstić information content (AvgIpc) is 3.55. The van der Waals surface area contributed by atoms with Crippen LogP contribution in [0.1, 0.15) is 65.0 Å². The minimum absolute atomic E-state index is 0.272. The van der Waals surface area contributed by atoms with Crippen molar-refractivity contribution in [2.45, 2.75) is 65.5 Å². The fourth-order valence-electron chi connectivity index (χ4n) is 7.70. The van der Waals surface area contributed by atoms with Gasteiger partial charge in [-0.05, 0) is 74.4 Å². The summed E-state index contributed by atoms with van der Waals surface area (Å²) in [6.45, 7) is 11.4. The van der Waals surface area contributed by atoms with E-state index in [9.17, 15) is 0 Å². The van der Waals surface area contributed by atoms with Crippen LogP contribution in [-0.4, -0.2) is 38.1 Å². The van der Waals surface area contributed by atoms with Gasteiger partial charge < -0.3 is 9.13 Å². The molecule has 0 saturated carbocycles. The maximum absolute atomic E-state index is 5.55. The van der Waals surface area contributed by atoms with E-state index in [0.29, 0.717) is 6.04 Å². The number of aryl methyl sites for hydroxylation is 1. The Morgan fingerprint density at radius 1 is 0.952 bits per heavy atom. The number of imidazole rings is 1. The molecule has 0 aliphatic carbocycles. The lowest BCUT2D eigenvalue weighted by molar-refractivity contribution is 0.234. The van der Waals surface area contributed by atoms with Crippen LogP contribution in [0, 0.1) is 0 Å². The third-order valence-corrected chi connectivity index (χ3v) is 9.48. The van der Waals surface area contributed by atoms with Gasteiger partial charge in [-0.25, -0.2) is 4.98 Å². The standard InChI is InChI=1S/C38H42N4/c1-6-14-28-27(22-24-41-23-11-10-20-34(28)41)26(7-2)30-16-13-21-35-36(30)39-38(42(35)25(3)4)32-18-12-17-31-29-15-8-9-19-33(29)40(5)37(31)32/h8-10,12-21,25,34H,6-7,11,22-24H2,1-5H3/b27-26+,28-14?. The molecule has 4 heteroatoms. The van der Waals surface area contributed by atoms with E-state index in [-0.39, 0.29) is 6.04 Å². The van der Waals surface area contributed by atoms with E-state index >= 15 is 0 Å². The Kier molecular flexibility index (Phi) is 6.90. The van der Waals surface area contributed by atoms with Gasteiger partial charge in [-0.2, -0.15) is 0 Å². The van der Waals surface area contributed by atoms with Crippen LogP contribution >= 0.6 is 0 Å². The number of rotatable bonds is 5. The summed E-state index contributed by atoms with van der Waals surface area (Å²) in [7, 11) is 2.19. The Balaban J connectivity index is 1.49. The second-order valence-electron chi connectivity index (χ2n) is 12.2. The van der Waals surface area contributed by atoms with Crippen molar-refractivity contribution in [1.82, 2.24) is 19.0 Å². The van der Waals surface area contributed by atoms with E-state index in [0.717, 1.165) is 50.1 Å². The van der Waals surface area contributed by atoms with E-state index in [2.05, 4.69) is 128 Å². The molecule has 0 amide bonds. The average molecular weight is 555 g/mol. The first-order valence-corrected chi connectivity index (χ1v) is 15.8. The molecule has 214 valence electrons. The van der Waals surface area contributed by atoms with Crippen LogP contribution in [0.4, 0.5) is 0 Å². The largest absolute Gasteiger partial charge is 0.343 e. The predicted molar refractivity (Wildman–Crippen MR) is 179 cm³/mol. The molecule has 0 N–H and O–H groups in total. The van der Waals surface area contributed by atoms with Gasteiger partial charge in [0.1, 0.15) is 5.82 Å². The first kappa shape index (κ1) is 27.0. The molecular formula is C38H42N4. The van der Waals surface area contributed by atoms with Gasteiger partial charge in [0.2, 0.25) is 0 Å². The smallest absolute Gasteiger partial charge is 0.143 e. The number of aromatic nitrogens is 3. The first-order valence-electron chi connectivity index (χ1n) is 15.8. The van der Waals surface area contributed by atoms with Crippen molar-refractivity contribution in [2.75, 3.05) is 13.1 Å². The first-order chi connectivity index (χ1) is 20.5. The number of hydrogen-bond donors (Lipinski definition) is 0. The minimum Gasteiger partial charge on any atom is -0.343 e. The highest BCUT2D eigenvalue weighted by Gasteiger charge is 2.31. The molecule has 2 aromatic heterocycles. The Morgan fingerprint density at radius 2 is 1.74 bits per heavy atom. The number of allylic oxidation sites excluding steroid dienone is 2. The summed E-state index contributed by atoms with van der Waals surface area (Å²) in [5, 5.41) is 2.58. The van der Waals surface area contributed by atoms with Crippen molar-refractivity contribution in [3.63, 3.8) is 0 Å². The van der Waals surface area contributed by atoms with Gasteiger partial charge in [0.05, 0.1) is 22.6 Å². The third kappa shape index (κ3) is 4.11. The highest BCUT2D eigenvalue weighted by atomic mass is 15.2. The summed E-state index contributed by atoms with van der Waals surface area (Å²) in [5.41, 5.74) is 11.8. The van der Waals surface area contributed by atoms with Crippen molar-refractivity contribution in [2.24, 2.45) is 7.05 Å². The van der Waals surface area contributed by atoms with E-state index < -0.39 is 0 Å². The van der Waals surface area contributed by atoms with Crippen LogP contribution in [0.5, 0.6) is 0 Å². The molecule has 4 heterocycles. The van der Waals surface area contributed by atoms with Crippen molar-refractivity contribution in [3.8, 4) is 11.4 Å². The lowest BCUT2D eigenvalue weighted by Gasteiger charge is -2.40. The Morgan fingerprint density at radius 3 is 2.55 bits per heavy atom. The molecule has 3 aromatic carbocycles. The van der Waals surface area contributed by atoms with E-state index in [4.69, 9.17) is 4.98 Å². The summed E-state index contributed by atoms with van der Waals surface area (Å²) >= 11 is 0. The molecular weight excluding hydrogens is 512 g/mol. The van der Waals surface area contributed by atoms with Gasteiger partial charge in [0.15, 0.2) is 0 Å². The number of piperidine rings is 1. The Bertz CT molecular complexity index is 1910. The van der Waals surface area contributed by atoms with Crippen LogP contribution in [0.2, 0.25) is 0 Å². The Hall–Kier alpha value is -3.89. The minimum atomic E-state index is 0.272. The number of fused-ring (bicyclic) bond motifs is 5. The molecule has 2 aliphatic rings. The fourth-order valence-corrected chi connectivity index (χ4v) is 7.70.